The molecule has 8 nitrogen and oxygen atoms in total. The number of nitro groups is 1. The topological polar surface area (TPSA) is 114 Å². The number of amides is 2. The Morgan fingerprint density at radius 1 is 1.00 bits per heavy atom. The number of hydrogen-bond donors (Lipinski definition) is 2. The van der Waals surface area contributed by atoms with Gasteiger partial charge in [-0.25, -0.2) is 4.39 Å². The molecule has 0 aliphatic carbocycles. The van der Waals surface area contributed by atoms with Crippen LogP contribution in [0.1, 0.15) is 26.5 Å². The summed E-state index contributed by atoms with van der Waals surface area (Å²) >= 11 is 0. The van der Waals surface area contributed by atoms with E-state index in [4.69, 9.17) is 4.42 Å². The first-order valence-corrected chi connectivity index (χ1v) is 8.62. The van der Waals surface area contributed by atoms with Crippen LogP contribution < -0.4 is 10.6 Å². The molecule has 0 saturated heterocycles. The highest BCUT2D eigenvalue weighted by Gasteiger charge is 2.19. The van der Waals surface area contributed by atoms with E-state index in [-0.39, 0.29) is 29.4 Å². The number of rotatable bonds is 7. The molecule has 29 heavy (non-hydrogen) atoms. The molecule has 0 radical (unpaired) electrons. The molecule has 0 aliphatic heterocycles. The molecule has 1 heterocycles. The number of carbonyl (C=O) groups is 2. The van der Waals surface area contributed by atoms with E-state index in [0.717, 1.165) is 6.07 Å². The number of hydrogen-bond acceptors (Lipinski definition) is 5. The molecule has 9 heteroatoms. The van der Waals surface area contributed by atoms with Crippen molar-refractivity contribution in [3.05, 3.63) is 93.5 Å². The Bertz CT molecular complexity index is 1060. The third kappa shape index (κ3) is 4.83. The number of para-hydroxylation sites is 1. The minimum absolute atomic E-state index is 0.190. The molecule has 2 N–H and O–H groups in total. The van der Waals surface area contributed by atoms with Crippen molar-refractivity contribution in [2.75, 3.05) is 11.9 Å². The molecule has 0 aliphatic rings. The number of nitrogens with one attached hydrogen (secondary N) is 2. The summed E-state index contributed by atoms with van der Waals surface area (Å²) in [5, 5.41) is 15.8. The number of anilines is 1. The van der Waals surface area contributed by atoms with Gasteiger partial charge in [-0.15, -0.1) is 0 Å². The Morgan fingerprint density at radius 2 is 1.72 bits per heavy atom. The quantitative estimate of drug-likeness (QED) is 0.467. The lowest BCUT2D eigenvalue weighted by Crippen LogP contribution is -2.27. The van der Waals surface area contributed by atoms with E-state index in [1.165, 1.54) is 24.3 Å². The van der Waals surface area contributed by atoms with E-state index in [1.807, 2.05) is 0 Å². The first kappa shape index (κ1) is 19.7. The largest absolute Gasteiger partial charge is 0.433 e. The van der Waals surface area contributed by atoms with Gasteiger partial charge in [0.2, 0.25) is 0 Å². The number of halogens is 1. The van der Waals surface area contributed by atoms with Gasteiger partial charge in [0.15, 0.2) is 5.76 Å². The number of benzene rings is 2. The maximum atomic E-state index is 13.6. The van der Waals surface area contributed by atoms with Gasteiger partial charge >= 0.3 is 5.88 Å². The minimum atomic E-state index is -0.756. The summed E-state index contributed by atoms with van der Waals surface area (Å²) in [6.45, 7) is 0.201. The molecule has 2 aromatic carbocycles. The van der Waals surface area contributed by atoms with Crippen molar-refractivity contribution < 1.29 is 23.3 Å². The van der Waals surface area contributed by atoms with Crippen LogP contribution in [0.4, 0.5) is 16.0 Å². The van der Waals surface area contributed by atoms with E-state index >= 15 is 0 Å². The number of carbonyl (C=O) groups excluding carboxylic acids is 2. The lowest BCUT2D eigenvalue weighted by Gasteiger charge is -2.11. The molecule has 0 unspecified atom stereocenters. The summed E-state index contributed by atoms with van der Waals surface area (Å²) in [7, 11) is 0. The highest BCUT2D eigenvalue weighted by atomic mass is 19.1. The van der Waals surface area contributed by atoms with Crippen molar-refractivity contribution >= 4 is 23.4 Å². The molecule has 0 saturated carbocycles. The zero-order chi connectivity index (χ0) is 20.8. The Morgan fingerprint density at radius 3 is 2.45 bits per heavy atom. The van der Waals surface area contributed by atoms with Crippen molar-refractivity contribution in [1.29, 1.82) is 0 Å². The van der Waals surface area contributed by atoms with Crippen molar-refractivity contribution in [3.8, 4) is 0 Å². The summed E-state index contributed by atoms with van der Waals surface area (Å²) in [5.74, 6) is -2.35. The second-order valence-corrected chi connectivity index (χ2v) is 5.99. The molecule has 2 amide bonds. The van der Waals surface area contributed by atoms with Crippen LogP contribution >= 0.6 is 0 Å². The predicted octanol–water partition coefficient (Wildman–Crippen LogP) is 3.55. The van der Waals surface area contributed by atoms with Gasteiger partial charge < -0.3 is 15.1 Å². The average Bonchev–Trinajstić information content (AvgIpc) is 3.20. The lowest BCUT2D eigenvalue weighted by molar-refractivity contribution is -0.402. The van der Waals surface area contributed by atoms with E-state index in [2.05, 4.69) is 10.6 Å². The fourth-order valence-corrected chi connectivity index (χ4v) is 2.63. The van der Waals surface area contributed by atoms with Crippen molar-refractivity contribution in [1.82, 2.24) is 5.32 Å². The SMILES string of the molecule is O=C(Nc1ccccc1C(=O)NCCc1ccccc1F)c1ccc([N+](=O)[O-])o1. The van der Waals surface area contributed by atoms with Crippen LogP contribution in [0, 0.1) is 15.9 Å². The highest BCUT2D eigenvalue weighted by molar-refractivity contribution is 6.07. The average molecular weight is 397 g/mol. The van der Waals surface area contributed by atoms with Crippen LogP contribution in [-0.4, -0.2) is 23.3 Å². The molecule has 0 fully saturated rings. The second kappa shape index (κ2) is 8.79. The fourth-order valence-electron chi connectivity index (χ4n) is 2.63. The number of nitrogens with zero attached hydrogens (tertiary/aromatic N) is 1. The Labute approximate surface area is 164 Å². The van der Waals surface area contributed by atoms with Gasteiger partial charge in [0.1, 0.15) is 10.7 Å². The molecule has 148 valence electrons. The van der Waals surface area contributed by atoms with Gasteiger partial charge in [-0.2, -0.15) is 0 Å². The third-order valence-electron chi connectivity index (χ3n) is 4.05. The van der Waals surface area contributed by atoms with E-state index in [9.17, 15) is 24.1 Å². The maximum Gasteiger partial charge on any atom is 0.433 e. The second-order valence-electron chi connectivity index (χ2n) is 5.99. The molecule has 0 spiro atoms. The van der Waals surface area contributed by atoms with Crippen LogP contribution in [-0.2, 0) is 6.42 Å². The van der Waals surface area contributed by atoms with Gasteiger partial charge in [-0.3, -0.25) is 19.7 Å². The van der Waals surface area contributed by atoms with Gasteiger partial charge in [0, 0.05) is 6.54 Å². The van der Waals surface area contributed by atoms with Crippen LogP contribution in [0.3, 0.4) is 0 Å². The zero-order valence-electron chi connectivity index (χ0n) is 15.1. The zero-order valence-corrected chi connectivity index (χ0v) is 15.1. The van der Waals surface area contributed by atoms with Gasteiger partial charge in [0.25, 0.3) is 11.8 Å². The Balaban J connectivity index is 1.66. The van der Waals surface area contributed by atoms with Crippen LogP contribution in [0.5, 0.6) is 0 Å². The molecular weight excluding hydrogens is 381 g/mol. The molecule has 3 rings (SSSR count). The van der Waals surface area contributed by atoms with E-state index in [1.54, 1.807) is 30.3 Å². The summed E-state index contributed by atoms with van der Waals surface area (Å²) in [6, 6.07) is 14.8. The number of furan rings is 1. The molecular formula is C20H16FN3O5. The van der Waals surface area contributed by atoms with Crippen LogP contribution in [0.2, 0.25) is 0 Å². The van der Waals surface area contributed by atoms with E-state index in [0.29, 0.717) is 12.0 Å². The van der Waals surface area contributed by atoms with Crippen molar-refractivity contribution in [2.45, 2.75) is 6.42 Å². The normalized spacial score (nSPS) is 10.4. The van der Waals surface area contributed by atoms with Gasteiger partial charge in [0.05, 0.1) is 17.3 Å². The summed E-state index contributed by atoms with van der Waals surface area (Å²) < 4.78 is 18.5. The molecule has 1 aromatic heterocycles. The van der Waals surface area contributed by atoms with Crippen molar-refractivity contribution in [2.24, 2.45) is 0 Å². The van der Waals surface area contributed by atoms with Gasteiger partial charge in [-0.05, 0) is 36.2 Å². The smallest absolute Gasteiger partial charge is 0.395 e. The predicted molar refractivity (Wildman–Crippen MR) is 102 cm³/mol. The van der Waals surface area contributed by atoms with Crippen LogP contribution in [0.15, 0.2) is 65.1 Å². The molecule has 0 bridgehead atoms. The Hall–Kier alpha value is -4.01. The summed E-state index contributed by atoms with van der Waals surface area (Å²) in [5.41, 5.74) is 0.879. The van der Waals surface area contributed by atoms with E-state index < -0.39 is 22.6 Å². The molecule has 0 atom stereocenters. The summed E-state index contributed by atoms with van der Waals surface area (Å²) in [6.07, 6.45) is 0.309. The first-order valence-electron chi connectivity index (χ1n) is 8.62. The third-order valence-corrected chi connectivity index (χ3v) is 4.05. The molecule has 3 aromatic rings. The van der Waals surface area contributed by atoms with Crippen molar-refractivity contribution in [3.63, 3.8) is 0 Å². The first-order chi connectivity index (χ1) is 14.0. The minimum Gasteiger partial charge on any atom is -0.395 e. The summed E-state index contributed by atoms with van der Waals surface area (Å²) in [4.78, 5) is 34.7. The van der Waals surface area contributed by atoms with Crippen LogP contribution in [0.25, 0.3) is 0 Å². The monoisotopic (exact) mass is 397 g/mol. The standard InChI is InChI=1S/C20H16FN3O5/c21-15-7-3-1-5-13(15)11-12-22-19(25)14-6-2-4-8-16(14)23-20(26)17-9-10-18(29-17)24(27)28/h1-10H,11-12H2,(H,22,25)(H,23,26). The Kier molecular flexibility index (Phi) is 5.98. The maximum absolute atomic E-state index is 13.6. The van der Waals surface area contributed by atoms with Gasteiger partial charge in [-0.1, -0.05) is 30.3 Å². The highest BCUT2D eigenvalue weighted by Crippen LogP contribution is 2.19. The fraction of sp³-hybridized carbons (Fsp3) is 0.100. The lowest BCUT2D eigenvalue weighted by atomic mass is 10.1.